The van der Waals surface area contributed by atoms with Gasteiger partial charge in [-0.15, -0.1) is 0 Å². The standard InChI is InChI=1S/C20H24Cl2N2O3S/c1-27-16-10-8-15(9-11-16)19(24-12-3-2-4-13-24)14-23-28(25,26)20-17(21)6-5-7-18(20)22/h5-11,19,23H,2-4,12-14H2,1H3. The molecule has 5 nitrogen and oxygen atoms in total. The number of methoxy groups -OCH3 is 1. The molecule has 1 unspecified atom stereocenters. The molecular formula is C20H24Cl2N2O3S. The molecular weight excluding hydrogens is 419 g/mol. The summed E-state index contributed by atoms with van der Waals surface area (Å²) in [6.07, 6.45) is 3.41. The second-order valence-electron chi connectivity index (χ2n) is 6.79. The van der Waals surface area contributed by atoms with Crippen molar-refractivity contribution in [3.8, 4) is 5.75 Å². The van der Waals surface area contributed by atoms with E-state index in [2.05, 4.69) is 9.62 Å². The number of likely N-dealkylation sites (tertiary alicyclic amines) is 1. The van der Waals surface area contributed by atoms with E-state index in [0.717, 1.165) is 37.2 Å². The van der Waals surface area contributed by atoms with Crippen molar-refractivity contribution in [1.29, 1.82) is 0 Å². The Hall–Kier alpha value is -1.31. The number of hydrogen-bond acceptors (Lipinski definition) is 4. The average Bonchev–Trinajstić information content (AvgIpc) is 2.69. The van der Waals surface area contributed by atoms with E-state index in [4.69, 9.17) is 27.9 Å². The number of nitrogens with one attached hydrogen (secondary N) is 1. The highest BCUT2D eigenvalue weighted by molar-refractivity contribution is 7.89. The Balaban J connectivity index is 1.84. The summed E-state index contributed by atoms with van der Waals surface area (Å²) in [6, 6.07) is 12.3. The molecule has 0 aliphatic carbocycles. The number of nitrogens with zero attached hydrogens (tertiary/aromatic N) is 1. The summed E-state index contributed by atoms with van der Waals surface area (Å²) in [5.74, 6) is 0.768. The Morgan fingerprint density at radius 3 is 2.21 bits per heavy atom. The maximum Gasteiger partial charge on any atom is 0.243 e. The van der Waals surface area contributed by atoms with Crippen LogP contribution in [0.5, 0.6) is 5.75 Å². The zero-order chi connectivity index (χ0) is 20.1. The minimum atomic E-state index is -3.84. The molecule has 1 aliphatic rings. The van der Waals surface area contributed by atoms with Gasteiger partial charge in [-0.2, -0.15) is 0 Å². The lowest BCUT2D eigenvalue weighted by atomic mass is 10.0. The fraction of sp³-hybridized carbons (Fsp3) is 0.400. The number of piperidine rings is 1. The van der Waals surface area contributed by atoms with E-state index >= 15 is 0 Å². The third-order valence-electron chi connectivity index (χ3n) is 4.99. The summed E-state index contributed by atoms with van der Waals surface area (Å²) >= 11 is 12.2. The molecule has 8 heteroatoms. The first-order valence-corrected chi connectivity index (χ1v) is 11.5. The van der Waals surface area contributed by atoms with Crippen LogP contribution in [0.2, 0.25) is 10.0 Å². The molecule has 1 N–H and O–H groups in total. The van der Waals surface area contributed by atoms with E-state index in [1.807, 2.05) is 24.3 Å². The van der Waals surface area contributed by atoms with Gasteiger partial charge in [0.2, 0.25) is 10.0 Å². The van der Waals surface area contributed by atoms with Gasteiger partial charge in [-0.1, -0.05) is 47.8 Å². The number of halogens is 2. The van der Waals surface area contributed by atoms with Gasteiger partial charge in [-0.25, -0.2) is 13.1 Å². The Morgan fingerprint density at radius 1 is 1.04 bits per heavy atom. The predicted octanol–water partition coefficient (Wildman–Crippen LogP) is 4.51. The van der Waals surface area contributed by atoms with Crippen LogP contribution in [0.25, 0.3) is 0 Å². The predicted molar refractivity (Wildman–Crippen MR) is 113 cm³/mol. The lowest BCUT2D eigenvalue weighted by molar-refractivity contribution is 0.164. The maximum atomic E-state index is 12.9. The Morgan fingerprint density at radius 2 is 1.64 bits per heavy atom. The van der Waals surface area contributed by atoms with Gasteiger partial charge >= 0.3 is 0 Å². The van der Waals surface area contributed by atoms with Gasteiger partial charge in [0.05, 0.1) is 17.2 Å². The van der Waals surface area contributed by atoms with Crippen molar-refractivity contribution in [3.05, 3.63) is 58.1 Å². The first-order chi connectivity index (χ1) is 13.4. The monoisotopic (exact) mass is 442 g/mol. The molecule has 1 atom stereocenters. The third kappa shape index (κ3) is 4.99. The smallest absolute Gasteiger partial charge is 0.243 e. The van der Waals surface area contributed by atoms with Crippen molar-refractivity contribution in [2.24, 2.45) is 0 Å². The van der Waals surface area contributed by atoms with Crippen LogP contribution in [0.15, 0.2) is 47.4 Å². The van der Waals surface area contributed by atoms with Crippen molar-refractivity contribution in [1.82, 2.24) is 9.62 Å². The van der Waals surface area contributed by atoms with E-state index in [1.165, 1.54) is 18.6 Å². The van der Waals surface area contributed by atoms with Crippen LogP contribution in [0.3, 0.4) is 0 Å². The van der Waals surface area contributed by atoms with Crippen molar-refractivity contribution in [3.63, 3.8) is 0 Å². The van der Waals surface area contributed by atoms with Crippen molar-refractivity contribution in [2.45, 2.75) is 30.2 Å². The number of hydrogen-bond donors (Lipinski definition) is 1. The van der Waals surface area contributed by atoms with Crippen LogP contribution in [0.1, 0.15) is 30.9 Å². The van der Waals surface area contributed by atoms with Crippen molar-refractivity contribution in [2.75, 3.05) is 26.7 Å². The van der Waals surface area contributed by atoms with Gasteiger partial charge in [-0.05, 0) is 55.8 Å². The van der Waals surface area contributed by atoms with E-state index in [0.29, 0.717) is 0 Å². The fourth-order valence-electron chi connectivity index (χ4n) is 3.51. The third-order valence-corrected chi connectivity index (χ3v) is 7.36. The van der Waals surface area contributed by atoms with E-state index < -0.39 is 10.0 Å². The highest BCUT2D eigenvalue weighted by atomic mass is 35.5. The molecule has 28 heavy (non-hydrogen) atoms. The zero-order valence-electron chi connectivity index (χ0n) is 15.7. The summed E-state index contributed by atoms with van der Waals surface area (Å²) in [5, 5.41) is 0.220. The molecule has 0 saturated carbocycles. The molecule has 2 aromatic rings. The van der Waals surface area contributed by atoms with Gasteiger partial charge in [0, 0.05) is 12.6 Å². The fourth-order valence-corrected chi connectivity index (χ4v) is 5.69. The number of sulfonamides is 1. The van der Waals surface area contributed by atoms with Gasteiger partial charge in [0.1, 0.15) is 10.6 Å². The molecule has 152 valence electrons. The highest BCUT2D eigenvalue weighted by Crippen LogP contribution is 2.30. The van der Waals surface area contributed by atoms with Gasteiger partial charge in [0.25, 0.3) is 0 Å². The van der Waals surface area contributed by atoms with Gasteiger partial charge < -0.3 is 4.74 Å². The quantitative estimate of drug-likeness (QED) is 0.684. The minimum Gasteiger partial charge on any atom is -0.497 e. The molecule has 1 aliphatic heterocycles. The van der Waals surface area contributed by atoms with Crippen LogP contribution in [-0.4, -0.2) is 40.1 Å². The van der Waals surface area contributed by atoms with E-state index in [1.54, 1.807) is 13.2 Å². The number of ether oxygens (including phenoxy) is 1. The summed E-state index contributed by atoms with van der Waals surface area (Å²) in [4.78, 5) is 2.24. The molecule has 2 aromatic carbocycles. The summed E-state index contributed by atoms with van der Waals surface area (Å²) < 4.78 is 33.7. The number of rotatable bonds is 7. The average molecular weight is 443 g/mol. The largest absolute Gasteiger partial charge is 0.497 e. The van der Waals surface area contributed by atoms with Crippen LogP contribution in [0, 0.1) is 0 Å². The molecule has 0 amide bonds. The Labute approximate surface area is 176 Å². The molecule has 0 radical (unpaired) electrons. The molecule has 0 spiro atoms. The summed E-state index contributed by atoms with van der Waals surface area (Å²) in [6.45, 7) is 2.10. The zero-order valence-corrected chi connectivity index (χ0v) is 18.0. The molecule has 3 rings (SSSR count). The number of benzene rings is 2. The van der Waals surface area contributed by atoms with Crippen molar-refractivity contribution >= 4 is 33.2 Å². The molecule has 1 saturated heterocycles. The minimum absolute atomic E-state index is 0.0783. The molecule has 1 fully saturated rings. The SMILES string of the molecule is COc1ccc(C(CNS(=O)(=O)c2c(Cl)cccc2Cl)N2CCCCC2)cc1. The second kappa shape index (κ2) is 9.46. The van der Waals surface area contributed by atoms with Crippen LogP contribution in [0.4, 0.5) is 0 Å². The van der Waals surface area contributed by atoms with Gasteiger partial charge in [0.15, 0.2) is 0 Å². The topological polar surface area (TPSA) is 58.6 Å². The van der Waals surface area contributed by atoms with Crippen LogP contribution in [-0.2, 0) is 10.0 Å². The summed E-state index contributed by atoms with van der Waals surface area (Å²) in [5.41, 5.74) is 1.04. The van der Waals surface area contributed by atoms with Crippen LogP contribution >= 0.6 is 23.2 Å². The first-order valence-electron chi connectivity index (χ1n) is 9.24. The highest BCUT2D eigenvalue weighted by Gasteiger charge is 2.27. The maximum absolute atomic E-state index is 12.9. The lowest BCUT2D eigenvalue weighted by Crippen LogP contribution is -2.40. The molecule has 0 bridgehead atoms. The van der Waals surface area contributed by atoms with Crippen LogP contribution < -0.4 is 9.46 Å². The molecule has 0 aromatic heterocycles. The first kappa shape index (κ1) is 21.4. The normalized spacial score (nSPS) is 16.7. The van der Waals surface area contributed by atoms with Gasteiger partial charge in [-0.3, -0.25) is 4.90 Å². The Bertz CT molecular complexity index is 878. The molecule has 1 heterocycles. The second-order valence-corrected chi connectivity index (χ2v) is 9.31. The Kier molecular flexibility index (Phi) is 7.23. The van der Waals surface area contributed by atoms with Crippen molar-refractivity contribution < 1.29 is 13.2 Å². The summed E-state index contributed by atoms with van der Waals surface area (Å²) in [7, 11) is -2.22. The lowest BCUT2D eigenvalue weighted by Gasteiger charge is -2.35. The van der Waals surface area contributed by atoms with E-state index in [-0.39, 0.29) is 27.5 Å². The van der Waals surface area contributed by atoms with E-state index in [9.17, 15) is 8.42 Å².